The van der Waals surface area contributed by atoms with Gasteiger partial charge in [0.2, 0.25) is 17.7 Å². The monoisotopic (exact) mass is 600 g/mol. The Morgan fingerprint density at radius 3 is 1.51 bits per heavy atom. The Kier molecular flexibility index (Phi) is 14.9. The average molecular weight is 601 g/mol. The molecule has 2 rings (SSSR count). The first-order valence-corrected chi connectivity index (χ1v) is 14.4. The van der Waals surface area contributed by atoms with Crippen LogP contribution in [-0.2, 0) is 32.0 Å². The number of phenols is 2. The van der Waals surface area contributed by atoms with E-state index in [2.05, 4.69) is 16.0 Å². The van der Waals surface area contributed by atoms with Crippen molar-refractivity contribution in [1.82, 2.24) is 16.0 Å². The van der Waals surface area contributed by atoms with Gasteiger partial charge in [0.25, 0.3) is 0 Å². The lowest BCUT2D eigenvalue weighted by atomic mass is 10.0. The number of hydrogen-bond donors (Lipinski definition) is 9. The molecule has 0 saturated carbocycles. The van der Waals surface area contributed by atoms with E-state index in [0.29, 0.717) is 56.3 Å². The van der Waals surface area contributed by atoms with E-state index in [1.165, 1.54) is 24.3 Å². The molecule has 0 aliphatic rings. The van der Waals surface area contributed by atoms with Crippen LogP contribution in [0.1, 0.15) is 49.7 Å². The molecule has 0 saturated heterocycles. The third-order valence-electron chi connectivity index (χ3n) is 6.89. The molecule has 43 heavy (non-hydrogen) atoms. The summed E-state index contributed by atoms with van der Waals surface area (Å²) in [5, 5.41) is 36.8. The number of aromatic hydroxyl groups is 2. The molecule has 13 heteroatoms. The molecule has 4 atom stereocenters. The van der Waals surface area contributed by atoms with E-state index >= 15 is 0 Å². The second kappa shape index (κ2) is 18.4. The lowest BCUT2D eigenvalue weighted by Crippen LogP contribution is -2.57. The number of carbonyl (C=O) groups excluding carboxylic acids is 3. The fraction of sp³-hybridized carbons (Fsp3) is 0.467. The predicted octanol–water partition coefficient (Wildman–Crippen LogP) is 0.00730. The number of unbranched alkanes of at least 4 members (excludes halogenated alkanes) is 2. The van der Waals surface area contributed by atoms with Crippen molar-refractivity contribution in [2.45, 2.75) is 75.5 Å². The number of hydrogen-bond acceptors (Lipinski definition) is 9. The molecule has 0 radical (unpaired) electrons. The van der Waals surface area contributed by atoms with Gasteiger partial charge >= 0.3 is 5.97 Å². The molecular formula is C30H44N6O7. The Bertz CT molecular complexity index is 1180. The van der Waals surface area contributed by atoms with Crippen LogP contribution in [0.5, 0.6) is 11.5 Å². The van der Waals surface area contributed by atoms with E-state index in [9.17, 15) is 34.5 Å². The first-order chi connectivity index (χ1) is 20.5. The summed E-state index contributed by atoms with van der Waals surface area (Å²) in [6, 6.07) is 7.52. The predicted molar refractivity (Wildman–Crippen MR) is 161 cm³/mol. The second-order valence-electron chi connectivity index (χ2n) is 10.4. The maximum atomic E-state index is 13.5. The van der Waals surface area contributed by atoms with Crippen molar-refractivity contribution >= 4 is 23.7 Å². The maximum absolute atomic E-state index is 13.5. The molecule has 236 valence electrons. The van der Waals surface area contributed by atoms with Gasteiger partial charge < -0.3 is 48.5 Å². The van der Waals surface area contributed by atoms with Crippen LogP contribution in [0.4, 0.5) is 0 Å². The summed E-state index contributed by atoms with van der Waals surface area (Å²) in [5.41, 5.74) is 18.3. The summed E-state index contributed by atoms with van der Waals surface area (Å²) in [5.74, 6) is -3.15. The molecule has 0 aliphatic carbocycles. The van der Waals surface area contributed by atoms with Crippen LogP contribution < -0.4 is 33.2 Å². The van der Waals surface area contributed by atoms with Gasteiger partial charge in [0, 0.05) is 12.8 Å². The third-order valence-corrected chi connectivity index (χ3v) is 6.89. The molecule has 2 aromatic carbocycles. The zero-order chi connectivity index (χ0) is 31.8. The molecule has 13 nitrogen and oxygen atoms in total. The van der Waals surface area contributed by atoms with Crippen LogP contribution in [0.2, 0.25) is 0 Å². The Labute approximate surface area is 251 Å². The van der Waals surface area contributed by atoms with Crippen LogP contribution in [0.3, 0.4) is 0 Å². The molecule has 0 aliphatic heterocycles. The highest BCUT2D eigenvalue weighted by Gasteiger charge is 2.30. The highest BCUT2D eigenvalue weighted by molar-refractivity contribution is 5.94. The lowest BCUT2D eigenvalue weighted by Gasteiger charge is -2.25. The van der Waals surface area contributed by atoms with Gasteiger partial charge in [0.15, 0.2) is 0 Å². The SMILES string of the molecule is NCCCCC(N)C(=O)NC(CCCCN)C(=O)NC(Cc1ccc(O)cc1)C(=O)NC(Cc1ccc(O)cc1)C(=O)O. The summed E-state index contributed by atoms with van der Waals surface area (Å²) < 4.78 is 0. The summed E-state index contributed by atoms with van der Waals surface area (Å²) in [4.78, 5) is 51.8. The average Bonchev–Trinajstić information content (AvgIpc) is 2.98. The highest BCUT2D eigenvalue weighted by Crippen LogP contribution is 2.14. The molecule has 0 bridgehead atoms. The van der Waals surface area contributed by atoms with Crippen molar-refractivity contribution in [3.63, 3.8) is 0 Å². The van der Waals surface area contributed by atoms with Gasteiger partial charge in [-0.25, -0.2) is 4.79 Å². The van der Waals surface area contributed by atoms with Crippen LogP contribution in [0.25, 0.3) is 0 Å². The summed E-state index contributed by atoms with van der Waals surface area (Å²) in [7, 11) is 0. The van der Waals surface area contributed by atoms with Gasteiger partial charge in [-0.05, 0) is 80.6 Å². The van der Waals surface area contributed by atoms with Crippen LogP contribution in [0.15, 0.2) is 48.5 Å². The molecule has 0 heterocycles. The molecular weight excluding hydrogens is 556 g/mol. The topological polar surface area (TPSA) is 243 Å². The third kappa shape index (κ3) is 12.7. The Hall–Kier alpha value is -4.20. The first-order valence-electron chi connectivity index (χ1n) is 14.4. The second-order valence-corrected chi connectivity index (χ2v) is 10.4. The standard InChI is InChI=1S/C30H44N6O7/c31-15-3-1-5-23(33)27(39)34-24(6-2-4-16-32)28(40)35-25(17-19-7-11-21(37)12-8-19)29(41)36-26(30(42)43)18-20-9-13-22(38)14-10-20/h7-14,23-26,37-38H,1-6,15-18,31-33H2,(H,34,39)(H,35,40)(H,36,41)(H,42,43). The number of nitrogens with two attached hydrogens (primary N) is 3. The molecule has 12 N–H and O–H groups in total. The van der Waals surface area contributed by atoms with Crippen molar-refractivity contribution in [3.05, 3.63) is 59.7 Å². The van der Waals surface area contributed by atoms with Crippen molar-refractivity contribution in [2.75, 3.05) is 13.1 Å². The number of aliphatic carboxylic acids is 1. The largest absolute Gasteiger partial charge is 0.508 e. The summed E-state index contributed by atoms with van der Waals surface area (Å²) in [6.07, 6.45) is 3.04. The molecule has 0 fully saturated rings. The van der Waals surface area contributed by atoms with Gasteiger partial charge in [-0.2, -0.15) is 0 Å². The zero-order valence-electron chi connectivity index (χ0n) is 24.2. The number of carboxylic acids is 1. The van der Waals surface area contributed by atoms with Gasteiger partial charge in [-0.1, -0.05) is 30.7 Å². The number of amides is 3. The van der Waals surface area contributed by atoms with E-state index < -0.39 is 47.9 Å². The van der Waals surface area contributed by atoms with Gasteiger partial charge in [-0.3, -0.25) is 14.4 Å². The van der Waals surface area contributed by atoms with Crippen molar-refractivity contribution in [1.29, 1.82) is 0 Å². The smallest absolute Gasteiger partial charge is 0.326 e. The molecule has 0 spiro atoms. The number of carbonyl (C=O) groups is 4. The Balaban J connectivity index is 2.24. The number of nitrogens with one attached hydrogen (secondary N) is 3. The number of carboxylic acid groups (broad SMARTS) is 1. The zero-order valence-corrected chi connectivity index (χ0v) is 24.2. The summed E-state index contributed by atoms with van der Waals surface area (Å²) >= 11 is 0. The Morgan fingerprint density at radius 2 is 1.02 bits per heavy atom. The minimum Gasteiger partial charge on any atom is -0.508 e. The fourth-order valence-corrected chi connectivity index (χ4v) is 4.37. The quantitative estimate of drug-likeness (QED) is 0.0978. The van der Waals surface area contributed by atoms with E-state index in [-0.39, 0.29) is 30.8 Å². The van der Waals surface area contributed by atoms with Crippen LogP contribution in [0, 0.1) is 0 Å². The van der Waals surface area contributed by atoms with Gasteiger partial charge in [-0.15, -0.1) is 0 Å². The minimum absolute atomic E-state index is 0.0131. The number of rotatable bonds is 19. The molecule has 4 unspecified atom stereocenters. The molecule has 0 aromatic heterocycles. The molecule has 3 amide bonds. The van der Waals surface area contributed by atoms with Gasteiger partial charge in [0.05, 0.1) is 6.04 Å². The first kappa shape index (κ1) is 35.0. The van der Waals surface area contributed by atoms with E-state index in [1.807, 2.05) is 0 Å². The fourth-order valence-electron chi connectivity index (χ4n) is 4.37. The van der Waals surface area contributed by atoms with Gasteiger partial charge in [0.1, 0.15) is 29.6 Å². The Morgan fingerprint density at radius 1 is 0.605 bits per heavy atom. The van der Waals surface area contributed by atoms with Crippen LogP contribution in [-0.4, -0.2) is 76.3 Å². The van der Waals surface area contributed by atoms with E-state index in [0.717, 1.165) is 0 Å². The number of phenolic OH excluding ortho intramolecular Hbond substituents is 2. The van der Waals surface area contributed by atoms with Crippen molar-refractivity contribution in [2.24, 2.45) is 17.2 Å². The number of benzene rings is 2. The maximum Gasteiger partial charge on any atom is 0.326 e. The van der Waals surface area contributed by atoms with E-state index in [1.54, 1.807) is 24.3 Å². The van der Waals surface area contributed by atoms with Crippen LogP contribution >= 0.6 is 0 Å². The normalized spacial score (nSPS) is 13.7. The summed E-state index contributed by atoms with van der Waals surface area (Å²) in [6.45, 7) is 0.866. The minimum atomic E-state index is -1.33. The van der Waals surface area contributed by atoms with E-state index in [4.69, 9.17) is 17.2 Å². The molecule has 2 aromatic rings. The van der Waals surface area contributed by atoms with Crippen molar-refractivity contribution in [3.8, 4) is 11.5 Å². The van der Waals surface area contributed by atoms with Crippen molar-refractivity contribution < 1.29 is 34.5 Å². The highest BCUT2D eigenvalue weighted by atomic mass is 16.4. The lowest BCUT2D eigenvalue weighted by molar-refractivity contribution is -0.142.